The van der Waals surface area contributed by atoms with Crippen molar-refractivity contribution < 1.29 is 46.5 Å². The van der Waals surface area contributed by atoms with Gasteiger partial charge < -0.3 is 39.5 Å². The zero-order chi connectivity index (χ0) is 36.2. The molecule has 1 amide bonds. The molecule has 0 unspecified atom stereocenters. The molecule has 0 bridgehead atoms. The van der Waals surface area contributed by atoms with Gasteiger partial charge in [0.15, 0.2) is 0 Å². The third-order valence-corrected chi connectivity index (χ3v) is 9.76. The fraction of sp³-hybridized carbons (Fsp3) is 0.375. The van der Waals surface area contributed by atoms with Gasteiger partial charge >= 0.3 is 13.8 Å². The lowest BCUT2D eigenvalue weighted by Gasteiger charge is -2.19. The van der Waals surface area contributed by atoms with Crippen LogP contribution in [0, 0.1) is 0 Å². The molecule has 2 aromatic heterocycles. The van der Waals surface area contributed by atoms with E-state index in [1.807, 2.05) is 0 Å². The Bertz CT molecular complexity index is 1900. The molecule has 14 nitrogen and oxygen atoms in total. The molecule has 4 N–H and O–H groups in total. The number of fused-ring (bicyclic) bond motifs is 1. The largest absolute Gasteiger partial charge is 0.495 e. The SMILES string of the molecule is CCOP(=O)(Cc1ccc(Nc2ncc(C(F)(F)F)c(Nc3ccc(-c4cnn(C[C@H](O)CO)c4)c4c3C(=O)N(C)C4)n2)c(OC)c1)OCC. The van der Waals surface area contributed by atoms with Crippen LogP contribution in [0.4, 0.5) is 36.3 Å². The highest BCUT2D eigenvalue weighted by Crippen LogP contribution is 2.52. The highest BCUT2D eigenvalue weighted by molar-refractivity contribution is 7.53. The van der Waals surface area contributed by atoms with Crippen LogP contribution < -0.4 is 15.4 Å². The molecule has 1 atom stereocenters. The number of methoxy groups -OCH3 is 1. The van der Waals surface area contributed by atoms with Gasteiger partial charge in [-0.2, -0.15) is 23.3 Å². The first kappa shape index (κ1) is 36.7. The summed E-state index contributed by atoms with van der Waals surface area (Å²) in [6.07, 6.45) is -2.07. The average molecular weight is 720 g/mol. The number of anilines is 4. The van der Waals surface area contributed by atoms with Gasteiger partial charge in [0.2, 0.25) is 5.95 Å². The number of nitrogens with zero attached hydrogens (tertiary/aromatic N) is 5. The molecule has 0 aliphatic carbocycles. The van der Waals surface area contributed by atoms with E-state index >= 15 is 0 Å². The Labute approximate surface area is 285 Å². The van der Waals surface area contributed by atoms with Crippen LogP contribution in [0.1, 0.15) is 40.9 Å². The van der Waals surface area contributed by atoms with E-state index in [0.717, 1.165) is 0 Å². The summed E-state index contributed by atoms with van der Waals surface area (Å²) in [6.45, 7) is 3.58. The number of aromatic nitrogens is 4. The number of rotatable bonds is 15. The van der Waals surface area contributed by atoms with E-state index in [1.54, 1.807) is 51.4 Å². The zero-order valence-electron chi connectivity index (χ0n) is 27.7. The Morgan fingerprint density at radius 1 is 1.08 bits per heavy atom. The van der Waals surface area contributed by atoms with Crippen LogP contribution in [0.25, 0.3) is 11.1 Å². The molecular formula is C32H37F3N7O7P. The van der Waals surface area contributed by atoms with E-state index in [0.29, 0.717) is 34.1 Å². The predicted molar refractivity (Wildman–Crippen MR) is 178 cm³/mol. The lowest BCUT2D eigenvalue weighted by molar-refractivity contribution is -0.137. The predicted octanol–water partition coefficient (Wildman–Crippen LogP) is 5.56. The second-order valence-corrected chi connectivity index (χ2v) is 13.4. The van der Waals surface area contributed by atoms with Crippen LogP contribution in [0.15, 0.2) is 48.9 Å². The summed E-state index contributed by atoms with van der Waals surface area (Å²) in [5, 5.41) is 28.8. The van der Waals surface area contributed by atoms with Gasteiger partial charge in [-0.3, -0.25) is 14.0 Å². The van der Waals surface area contributed by atoms with Crippen LogP contribution in [-0.2, 0) is 39.0 Å². The second kappa shape index (κ2) is 15.1. The molecule has 18 heteroatoms. The first-order valence-corrected chi connectivity index (χ1v) is 17.3. The number of hydrogen-bond donors (Lipinski definition) is 4. The van der Waals surface area contributed by atoms with Gasteiger partial charge in [0.1, 0.15) is 17.1 Å². The maximum atomic E-state index is 14.2. The van der Waals surface area contributed by atoms with Crippen molar-refractivity contribution in [2.75, 3.05) is 44.6 Å². The van der Waals surface area contributed by atoms with E-state index in [2.05, 4.69) is 25.7 Å². The molecular weight excluding hydrogens is 682 g/mol. The average Bonchev–Trinajstić information content (AvgIpc) is 3.65. The van der Waals surface area contributed by atoms with Crippen LogP contribution in [0.2, 0.25) is 0 Å². The van der Waals surface area contributed by atoms with Gasteiger partial charge in [0.05, 0.1) is 68.9 Å². The van der Waals surface area contributed by atoms with E-state index < -0.39 is 43.8 Å². The third-order valence-electron chi connectivity index (χ3n) is 7.71. The minimum absolute atomic E-state index is 0.0254. The number of alkyl halides is 3. The molecule has 0 spiro atoms. The molecule has 2 aromatic carbocycles. The van der Waals surface area contributed by atoms with Crippen LogP contribution >= 0.6 is 7.60 Å². The topological polar surface area (TPSA) is 173 Å². The number of carbonyl (C=O) groups is 1. The number of benzene rings is 2. The molecule has 0 radical (unpaired) electrons. The standard InChI is InChI=1S/C32H37F3N7O7P/c1-5-48-50(46,49-6-2)18-19-7-9-25(27(11-19)47-4)39-31-36-13-24(32(33,34)35)29(40-31)38-26-10-8-22(23-16-41(3)30(45)28(23)26)20-12-37-42(14-20)15-21(44)17-43/h7-14,21,43-44H,5-6,15-18H2,1-4H3,(H2,36,38,39,40)/t21-/m0/s1. The van der Waals surface area contributed by atoms with Gasteiger partial charge in [0, 0.05) is 31.5 Å². The number of amides is 1. The molecule has 4 aromatic rings. The molecule has 1 aliphatic rings. The summed E-state index contributed by atoms with van der Waals surface area (Å²) in [5.74, 6) is -0.925. The second-order valence-electron chi connectivity index (χ2n) is 11.3. The van der Waals surface area contributed by atoms with Crippen molar-refractivity contribution >= 4 is 36.6 Å². The third kappa shape index (κ3) is 8.08. The molecule has 50 heavy (non-hydrogen) atoms. The summed E-state index contributed by atoms with van der Waals surface area (Å²) in [6, 6.07) is 7.97. The summed E-state index contributed by atoms with van der Waals surface area (Å²) in [4.78, 5) is 22.8. The van der Waals surface area contributed by atoms with Gasteiger partial charge in [-0.1, -0.05) is 12.1 Å². The van der Waals surface area contributed by atoms with E-state index in [9.17, 15) is 27.6 Å². The lowest BCUT2D eigenvalue weighted by atomic mass is 9.97. The summed E-state index contributed by atoms with van der Waals surface area (Å²) >= 11 is 0. The Kier molecular flexibility index (Phi) is 11.1. The van der Waals surface area contributed by atoms with Gasteiger partial charge in [-0.05, 0) is 48.7 Å². The first-order chi connectivity index (χ1) is 23.8. The fourth-order valence-corrected chi connectivity index (χ4v) is 7.17. The first-order valence-electron chi connectivity index (χ1n) is 15.6. The molecule has 0 saturated carbocycles. The maximum Gasteiger partial charge on any atom is 0.421 e. The highest BCUT2D eigenvalue weighted by atomic mass is 31.2. The van der Waals surface area contributed by atoms with Crippen molar-refractivity contribution in [1.29, 1.82) is 0 Å². The lowest BCUT2D eigenvalue weighted by Crippen LogP contribution is -2.19. The molecule has 0 saturated heterocycles. The number of carbonyl (C=O) groups excluding carboxylic acids is 1. The fourth-order valence-electron chi connectivity index (χ4n) is 5.48. The maximum absolute atomic E-state index is 14.2. The minimum Gasteiger partial charge on any atom is -0.495 e. The van der Waals surface area contributed by atoms with Crippen molar-refractivity contribution in [3.05, 3.63) is 71.2 Å². The Morgan fingerprint density at radius 2 is 1.80 bits per heavy atom. The number of aliphatic hydroxyl groups excluding tert-OH is 2. The van der Waals surface area contributed by atoms with Gasteiger partial charge in [0.25, 0.3) is 5.91 Å². The normalized spacial score (nSPS) is 13.8. The molecule has 0 fully saturated rings. The van der Waals surface area contributed by atoms with Crippen LogP contribution in [-0.4, -0.2) is 80.9 Å². The van der Waals surface area contributed by atoms with Crippen molar-refractivity contribution in [1.82, 2.24) is 24.6 Å². The summed E-state index contributed by atoms with van der Waals surface area (Å²) in [5.41, 5.74) is 1.82. The van der Waals surface area contributed by atoms with Crippen molar-refractivity contribution in [2.24, 2.45) is 0 Å². The van der Waals surface area contributed by atoms with Crippen LogP contribution in [0.5, 0.6) is 5.75 Å². The number of hydrogen-bond acceptors (Lipinski definition) is 12. The molecule has 268 valence electrons. The summed E-state index contributed by atoms with van der Waals surface area (Å²) in [7, 11) is -0.440. The van der Waals surface area contributed by atoms with Crippen molar-refractivity contribution in [2.45, 2.75) is 45.4 Å². The minimum atomic E-state index is -4.84. The molecule has 1 aliphatic heterocycles. The smallest absolute Gasteiger partial charge is 0.421 e. The van der Waals surface area contributed by atoms with Crippen LogP contribution in [0.3, 0.4) is 0 Å². The number of nitrogens with one attached hydrogen (secondary N) is 2. The van der Waals surface area contributed by atoms with Gasteiger partial charge in [-0.15, -0.1) is 0 Å². The molecule has 5 rings (SSSR count). The van der Waals surface area contributed by atoms with Gasteiger partial charge in [-0.25, -0.2) is 4.98 Å². The van der Waals surface area contributed by atoms with E-state index in [-0.39, 0.29) is 55.4 Å². The highest BCUT2D eigenvalue weighted by Gasteiger charge is 2.37. The molecule has 3 heterocycles. The van der Waals surface area contributed by atoms with Crippen molar-refractivity contribution in [3.63, 3.8) is 0 Å². The van der Waals surface area contributed by atoms with E-state index in [1.165, 1.54) is 29.0 Å². The number of aliphatic hydroxyl groups is 2. The Morgan fingerprint density at radius 3 is 2.46 bits per heavy atom. The number of ether oxygens (including phenoxy) is 1. The summed E-state index contributed by atoms with van der Waals surface area (Å²) < 4.78 is 73.4. The van der Waals surface area contributed by atoms with Crippen molar-refractivity contribution in [3.8, 4) is 16.9 Å². The zero-order valence-corrected chi connectivity index (χ0v) is 28.6. The quantitative estimate of drug-likeness (QED) is 0.113. The Balaban J connectivity index is 1.47. The van der Waals surface area contributed by atoms with E-state index in [4.69, 9.17) is 18.9 Å². The monoisotopic (exact) mass is 719 g/mol. The Hall–Kier alpha value is -4.54. The number of halogens is 3.